The first kappa shape index (κ1) is 20.4. The highest BCUT2D eigenvalue weighted by Crippen LogP contribution is 2.23. The van der Waals surface area contributed by atoms with Gasteiger partial charge in [-0.25, -0.2) is 9.97 Å². The number of piperazine rings is 1. The number of rotatable bonds is 8. The Morgan fingerprint density at radius 3 is 2.21 bits per heavy atom. The van der Waals surface area contributed by atoms with Crippen LogP contribution in [0.4, 0.5) is 23.0 Å². The smallest absolute Gasteiger partial charge is 0.136 e. The summed E-state index contributed by atoms with van der Waals surface area (Å²) in [5, 5.41) is 3.46. The van der Waals surface area contributed by atoms with Gasteiger partial charge >= 0.3 is 0 Å². The van der Waals surface area contributed by atoms with Crippen molar-refractivity contribution in [3.63, 3.8) is 0 Å². The Morgan fingerprint density at radius 2 is 1.61 bits per heavy atom. The van der Waals surface area contributed by atoms with Crippen LogP contribution in [0.5, 0.6) is 0 Å². The number of benzene rings is 1. The van der Waals surface area contributed by atoms with Gasteiger partial charge in [0.2, 0.25) is 0 Å². The molecule has 1 N–H and O–H groups in total. The fourth-order valence-electron chi connectivity index (χ4n) is 3.63. The molecule has 0 amide bonds. The van der Waals surface area contributed by atoms with Crippen LogP contribution in [-0.4, -0.2) is 61.2 Å². The summed E-state index contributed by atoms with van der Waals surface area (Å²) in [5.74, 6) is 2.66. The van der Waals surface area contributed by atoms with Crippen LogP contribution >= 0.6 is 0 Å². The Balaban J connectivity index is 1.70. The molecule has 152 valence electrons. The van der Waals surface area contributed by atoms with Gasteiger partial charge in [0.05, 0.1) is 0 Å². The first-order valence-electron chi connectivity index (χ1n) is 10.5. The van der Waals surface area contributed by atoms with Crippen molar-refractivity contribution in [3.8, 4) is 0 Å². The summed E-state index contributed by atoms with van der Waals surface area (Å²) in [6.07, 6.45) is 2.22. The van der Waals surface area contributed by atoms with Gasteiger partial charge in [-0.05, 0) is 51.1 Å². The lowest BCUT2D eigenvalue weighted by atomic mass is 10.2. The number of likely N-dealkylation sites (N-methyl/N-ethyl adjacent to an activating group) is 1. The quantitative estimate of drug-likeness (QED) is 0.747. The van der Waals surface area contributed by atoms with E-state index in [1.165, 1.54) is 5.69 Å². The van der Waals surface area contributed by atoms with E-state index in [-0.39, 0.29) is 0 Å². The van der Waals surface area contributed by atoms with E-state index in [4.69, 9.17) is 0 Å². The highest BCUT2D eigenvalue weighted by Gasteiger charge is 2.14. The topological polar surface area (TPSA) is 47.5 Å². The van der Waals surface area contributed by atoms with Gasteiger partial charge in [-0.15, -0.1) is 0 Å². The van der Waals surface area contributed by atoms with Crippen LogP contribution in [-0.2, 0) is 0 Å². The standard InChI is InChI=1S/C22H34N6/c1-5-11-28(12-6-2)22-17-21(23-18(3)24-22)25-19-7-9-20(10-8-19)27-15-13-26(4)14-16-27/h7-10,17H,5-6,11-16H2,1-4H3,(H,23,24,25). The van der Waals surface area contributed by atoms with E-state index in [9.17, 15) is 0 Å². The summed E-state index contributed by atoms with van der Waals surface area (Å²) in [6.45, 7) is 12.8. The second kappa shape index (κ2) is 9.73. The summed E-state index contributed by atoms with van der Waals surface area (Å²) in [5.41, 5.74) is 2.34. The van der Waals surface area contributed by atoms with Crippen molar-refractivity contribution in [1.82, 2.24) is 14.9 Å². The molecule has 28 heavy (non-hydrogen) atoms. The van der Waals surface area contributed by atoms with Crippen molar-refractivity contribution in [2.45, 2.75) is 33.6 Å². The van der Waals surface area contributed by atoms with Crippen molar-refractivity contribution in [2.75, 3.05) is 61.4 Å². The predicted molar refractivity (Wildman–Crippen MR) is 119 cm³/mol. The average Bonchev–Trinajstić information content (AvgIpc) is 2.69. The normalized spacial score (nSPS) is 14.9. The Morgan fingerprint density at radius 1 is 0.964 bits per heavy atom. The van der Waals surface area contributed by atoms with Crippen molar-refractivity contribution in [2.24, 2.45) is 0 Å². The maximum atomic E-state index is 4.66. The van der Waals surface area contributed by atoms with Gasteiger partial charge in [-0.2, -0.15) is 0 Å². The van der Waals surface area contributed by atoms with E-state index in [1.807, 2.05) is 6.92 Å². The summed E-state index contributed by atoms with van der Waals surface area (Å²) in [6, 6.07) is 10.7. The fraction of sp³-hybridized carbons (Fsp3) is 0.545. The zero-order valence-corrected chi connectivity index (χ0v) is 17.8. The first-order chi connectivity index (χ1) is 13.6. The van der Waals surface area contributed by atoms with E-state index in [1.54, 1.807) is 0 Å². The highest BCUT2D eigenvalue weighted by molar-refractivity contribution is 5.63. The fourth-order valence-corrected chi connectivity index (χ4v) is 3.63. The van der Waals surface area contributed by atoms with E-state index in [0.29, 0.717) is 0 Å². The van der Waals surface area contributed by atoms with Crippen LogP contribution in [0.1, 0.15) is 32.5 Å². The lowest BCUT2D eigenvalue weighted by Gasteiger charge is -2.34. The molecule has 0 atom stereocenters. The molecular formula is C22H34N6. The van der Waals surface area contributed by atoms with Crippen LogP contribution < -0.4 is 15.1 Å². The molecule has 1 aliphatic rings. The Kier molecular flexibility index (Phi) is 7.09. The van der Waals surface area contributed by atoms with Crippen molar-refractivity contribution in [1.29, 1.82) is 0 Å². The minimum atomic E-state index is 0.797. The van der Waals surface area contributed by atoms with Gasteiger partial charge in [0.1, 0.15) is 17.5 Å². The third-order valence-corrected chi connectivity index (χ3v) is 5.14. The number of hydrogen-bond donors (Lipinski definition) is 1. The molecule has 0 bridgehead atoms. The Bertz CT molecular complexity index is 731. The van der Waals surface area contributed by atoms with Crippen molar-refractivity contribution < 1.29 is 0 Å². The lowest BCUT2D eigenvalue weighted by Crippen LogP contribution is -2.44. The lowest BCUT2D eigenvalue weighted by molar-refractivity contribution is 0.313. The monoisotopic (exact) mass is 382 g/mol. The number of hydrogen-bond acceptors (Lipinski definition) is 6. The molecule has 3 rings (SSSR count). The molecule has 6 nitrogen and oxygen atoms in total. The zero-order chi connectivity index (χ0) is 19.9. The SMILES string of the molecule is CCCN(CCC)c1cc(Nc2ccc(N3CCN(C)CC3)cc2)nc(C)n1. The van der Waals surface area contributed by atoms with Crippen LogP contribution in [0.15, 0.2) is 30.3 Å². The molecule has 6 heteroatoms. The largest absolute Gasteiger partial charge is 0.369 e. The summed E-state index contributed by atoms with van der Waals surface area (Å²) >= 11 is 0. The van der Waals surface area contributed by atoms with Crippen molar-refractivity contribution in [3.05, 3.63) is 36.2 Å². The minimum absolute atomic E-state index is 0.797. The van der Waals surface area contributed by atoms with Gasteiger partial charge in [0, 0.05) is 56.7 Å². The maximum Gasteiger partial charge on any atom is 0.136 e. The van der Waals surface area contributed by atoms with Crippen LogP contribution in [0, 0.1) is 6.92 Å². The molecule has 1 aromatic carbocycles. The van der Waals surface area contributed by atoms with Gasteiger partial charge in [-0.1, -0.05) is 13.8 Å². The van der Waals surface area contributed by atoms with E-state index in [0.717, 1.165) is 75.3 Å². The molecule has 2 heterocycles. The Labute approximate surface area is 169 Å². The van der Waals surface area contributed by atoms with E-state index >= 15 is 0 Å². The Hall–Kier alpha value is -2.34. The molecule has 0 unspecified atom stereocenters. The molecule has 0 aliphatic carbocycles. The minimum Gasteiger partial charge on any atom is -0.369 e. The molecule has 1 aliphatic heterocycles. The van der Waals surface area contributed by atoms with Crippen molar-refractivity contribution >= 4 is 23.0 Å². The second-order valence-corrected chi connectivity index (χ2v) is 7.61. The molecule has 0 saturated carbocycles. The molecule has 1 aromatic heterocycles. The number of aromatic nitrogens is 2. The van der Waals surface area contributed by atoms with Gasteiger partial charge in [0.25, 0.3) is 0 Å². The molecule has 0 radical (unpaired) electrons. The summed E-state index contributed by atoms with van der Waals surface area (Å²) < 4.78 is 0. The molecular weight excluding hydrogens is 348 g/mol. The van der Waals surface area contributed by atoms with Crippen LogP contribution in [0.3, 0.4) is 0 Å². The van der Waals surface area contributed by atoms with Gasteiger partial charge < -0.3 is 20.0 Å². The molecule has 1 fully saturated rings. The molecule has 0 spiro atoms. The average molecular weight is 383 g/mol. The zero-order valence-electron chi connectivity index (χ0n) is 17.8. The molecule has 1 saturated heterocycles. The third-order valence-electron chi connectivity index (χ3n) is 5.14. The highest BCUT2D eigenvalue weighted by atomic mass is 15.2. The molecule has 2 aromatic rings. The number of aryl methyl sites for hydroxylation is 1. The third kappa shape index (κ3) is 5.35. The summed E-state index contributed by atoms with van der Waals surface area (Å²) in [7, 11) is 2.18. The first-order valence-corrected chi connectivity index (χ1v) is 10.5. The van der Waals surface area contributed by atoms with Crippen LogP contribution in [0.25, 0.3) is 0 Å². The predicted octanol–water partition coefficient (Wildman–Crippen LogP) is 3.91. The maximum absolute atomic E-state index is 4.66. The second-order valence-electron chi connectivity index (χ2n) is 7.61. The van der Waals surface area contributed by atoms with E-state index in [2.05, 4.69) is 81.2 Å². The number of anilines is 4. The summed E-state index contributed by atoms with van der Waals surface area (Å²) in [4.78, 5) is 16.4. The van der Waals surface area contributed by atoms with Crippen LogP contribution in [0.2, 0.25) is 0 Å². The number of nitrogens with zero attached hydrogens (tertiary/aromatic N) is 5. The van der Waals surface area contributed by atoms with E-state index < -0.39 is 0 Å². The number of nitrogens with one attached hydrogen (secondary N) is 1. The van der Waals surface area contributed by atoms with Gasteiger partial charge in [0.15, 0.2) is 0 Å². The van der Waals surface area contributed by atoms with Gasteiger partial charge in [-0.3, -0.25) is 0 Å².